The van der Waals surface area contributed by atoms with E-state index in [2.05, 4.69) is 15.5 Å². The Morgan fingerprint density at radius 2 is 2.35 bits per heavy atom. The molecule has 1 saturated carbocycles. The molecule has 3 atom stereocenters. The Bertz CT molecular complexity index is 391. The largest absolute Gasteiger partial charge is 0.392 e. The second-order valence-electron chi connectivity index (χ2n) is 4.83. The number of aromatic nitrogens is 2. The van der Waals surface area contributed by atoms with Gasteiger partial charge >= 0.3 is 0 Å². The lowest BCUT2D eigenvalue weighted by molar-refractivity contribution is 0.0751. The summed E-state index contributed by atoms with van der Waals surface area (Å²) in [6.07, 6.45) is 2.60. The van der Waals surface area contributed by atoms with Crippen molar-refractivity contribution >= 4 is 0 Å². The minimum atomic E-state index is -0.322. The summed E-state index contributed by atoms with van der Waals surface area (Å²) < 4.78 is 10.6. The summed E-state index contributed by atoms with van der Waals surface area (Å²) in [5.74, 6) is 1.72. The van der Waals surface area contributed by atoms with Crippen LogP contribution >= 0.6 is 0 Å². The molecule has 94 valence electrons. The molecule has 6 heteroatoms. The molecule has 1 aromatic heterocycles. The van der Waals surface area contributed by atoms with E-state index < -0.39 is 0 Å². The lowest BCUT2D eigenvalue weighted by Crippen LogP contribution is -2.15. The van der Waals surface area contributed by atoms with Crippen LogP contribution in [0.1, 0.15) is 43.1 Å². The van der Waals surface area contributed by atoms with Crippen LogP contribution in [0.2, 0.25) is 0 Å². The Kier molecular flexibility index (Phi) is 2.85. The number of aliphatic hydroxyl groups excluding tert-OH is 1. The predicted molar refractivity (Wildman–Crippen MR) is 58.1 cm³/mol. The van der Waals surface area contributed by atoms with Crippen LogP contribution in [0, 0.1) is 5.92 Å². The van der Waals surface area contributed by atoms with Gasteiger partial charge in [-0.15, -0.1) is 0 Å². The van der Waals surface area contributed by atoms with Crippen molar-refractivity contribution in [3.63, 3.8) is 0 Å². The van der Waals surface area contributed by atoms with Crippen LogP contribution in [0.5, 0.6) is 0 Å². The van der Waals surface area contributed by atoms with Gasteiger partial charge in [-0.25, -0.2) is 0 Å². The molecule has 0 spiro atoms. The Morgan fingerprint density at radius 1 is 1.53 bits per heavy atom. The molecule has 2 N–H and O–H groups in total. The number of hydrogen-bond acceptors (Lipinski definition) is 6. The second kappa shape index (κ2) is 4.36. The molecule has 1 saturated heterocycles. The van der Waals surface area contributed by atoms with Crippen molar-refractivity contribution in [3.05, 3.63) is 11.7 Å². The zero-order valence-electron chi connectivity index (χ0n) is 9.80. The number of nitrogens with one attached hydrogen (secondary N) is 1. The van der Waals surface area contributed by atoms with Gasteiger partial charge in [0.25, 0.3) is 0 Å². The van der Waals surface area contributed by atoms with Crippen molar-refractivity contribution in [1.82, 2.24) is 15.5 Å². The fraction of sp³-hybridized carbons (Fsp3) is 0.818. The molecule has 3 rings (SSSR count). The van der Waals surface area contributed by atoms with Crippen molar-refractivity contribution in [2.24, 2.45) is 5.92 Å². The third-order valence-electron chi connectivity index (χ3n) is 3.42. The van der Waals surface area contributed by atoms with Gasteiger partial charge < -0.3 is 19.7 Å². The average molecular weight is 239 g/mol. The second-order valence-corrected chi connectivity index (χ2v) is 4.83. The predicted octanol–water partition coefficient (Wildman–Crippen LogP) is 0.562. The maximum absolute atomic E-state index is 9.44. The molecule has 17 heavy (non-hydrogen) atoms. The van der Waals surface area contributed by atoms with E-state index in [1.165, 1.54) is 12.8 Å². The molecule has 1 aliphatic carbocycles. The molecule has 1 aromatic rings. The van der Waals surface area contributed by atoms with Crippen molar-refractivity contribution in [3.8, 4) is 0 Å². The number of methoxy groups -OCH3 is 1. The van der Waals surface area contributed by atoms with E-state index in [1.54, 1.807) is 7.11 Å². The first-order valence-corrected chi connectivity index (χ1v) is 6.05. The standard InChI is InChI=1S/C11H17N3O3/c1-16-9(6-2-3-6)10-13-11(17-14-10)8-4-7(15)5-12-8/h6-9,12,15H,2-5H2,1H3/t7-,8-,9?/m1/s1. The van der Waals surface area contributed by atoms with Gasteiger partial charge in [0.05, 0.1) is 12.1 Å². The highest BCUT2D eigenvalue weighted by Crippen LogP contribution is 2.42. The van der Waals surface area contributed by atoms with Gasteiger partial charge in [-0.05, 0) is 25.2 Å². The number of nitrogens with zero attached hydrogens (tertiary/aromatic N) is 2. The number of aliphatic hydroxyl groups is 1. The number of rotatable bonds is 4. The van der Waals surface area contributed by atoms with Crippen molar-refractivity contribution in [1.29, 1.82) is 0 Å². The van der Waals surface area contributed by atoms with Gasteiger partial charge in [-0.2, -0.15) is 4.98 Å². The minimum absolute atomic E-state index is 0.0250. The fourth-order valence-corrected chi connectivity index (χ4v) is 2.32. The number of β-amino-alcohol motifs (C(OH)–C–C–N with tert-alkyl or cyclic N) is 1. The Labute approximate surface area is 99.3 Å². The molecule has 0 bridgehead atoms. The van der Waals surface area contributed by atoms with Crippen LogP contribution < -0.4 is 5.32 Å². The van der Waals surface area contributed by atoms with Crippen LogP contribution in [0.15, 0.2) is 4.52 Å². The molecule has 2 aliphatic rings. The first-order chi connectivity index (χ1) is 8.28. The maximum Gasteiger partial charge on any atom is 0.243 e. The SMILES string of the molecule is COC(c1noc([C@H]2C[C@@H](O)CN2)n1)C1CC1. The van der Waals surface area contributed by atoms with E-state index in [9.17, 15) is 5.11 Å². The molecular formula is C11H17N3O3. The quantitative estimate of drug-likeness (QED) is 0.799. The number of ether oxygens (including phenoxy) is 1. The molecule has 0 amide bonds. The van der Waals surface area contributed by atoms with E-state index in [0.717, 1.165) is 0 Å². The monoisotopic (exact) mass is 239 g/mol. The molecule has 0 radical (unpaired) electrons. The van der Waals surface area contributed by atoms with Crippen LogP contribution in [0.25, 0.3) is 0 Å². The van der Waals surface area contributed by atoms with Gasteiger partial charge in [0.2, 0.25) is 11.7 Å². The molecule has 1 unspecified atom stereocenters. The van der Waals surface area contributed by atoms with E-state index >= 15 is 0 Å². The molecule has 0 aromatic carbocycles. The smallest absolute Gasteiger partial charge is 0.243 e. The Hall–Kier alpha value is -0.980. The fourth-order valence-electron chi connectivity index (χ4n) is 2.32. The highest BCUT2D eigenvalue weighted by molar-refractivity contribution is 5.02. The Morgan fingerprint density at radius 3 is 2.94 bits per heavy atom. The molecular weight excluding hydrogens is 222 g/mol. The van der Waals surface area contributed by atoms with Gasteiger partial charge in [0, 0.05) is 13.7 Å². The van der Waals surface area contributed by atoms with E-state index in [-0.39, 0.29) is 18.2 Å². The van der Waals surface area contributed by atoms with Crippen molar-refractivity contribution in [2.45, 2.75) is 37.5 Å². The summed E-state index contributed by atoms with van der Waals surface area (Å²) in [5.41, 5.74) is 0. The average Bonchev–Trinajstić information content (AvgIpc) is 2.87. The van der Waals surface area contributed by atoms with Crippen molar-refractivity contribution in [2.75, 3.05) is 13.7 Å². The van der Waals surface area contributed by atoms with E-state index in [4.69, 9.17) is 9.26 Å². The lowest BCUT2D eigenvalue weighted by Gasteiger charge is -2.08. The highest BCUT2D eigenvalue weighted by Gasteiger charge is 2.36. The molecule has 1 aliphatic heterocycles. The number of hydrogen-bond donors (Lipinski definition) is 2. The summed E-state index contributed by atoms with van der Waals surface area (Å²) in [6.45, 7) is 0.582. The summed E-state index contributed by atoms with van der Waals surface area (Å²) in [7, 11) is 1.68. The first kappa shape index (κ1) is 11.1. The van der Waals surface area contributed by atoms with Crippen molar-refractivity contribution < 1.29 is 14.4 Å². The third kappa shape index (κ3) is 2.20. The van der Waals surface area contributed by atoms with Crippen LogP contribution in [-0.4, -0.2) is 35.0 Å². The zero-order valence-corrected chi connectivity index (χ0v) is 9.80. The maximum atomic E-state index is 9.44. The van der Waals surface area contributed by atoms with E-state index in [1.807, 2.05) is 0 Å². The molecule has 6 nitrogen and oxygen atoms in total. The zero-order chi connectivity index (χ0) is 11.8. The normalized spacial score (nSPS) is 30.7. The highest BCUT2D eigenvalue weighted by atomic mass is 16.5. The summed E-state index contributed by atoms with van der Waals surface area (Å²) in [4.78, 5) is 4.38. The van der Waals surface area contributed by atoms with E-state index in [0.29, 0.717) is 30.6 Å². The topological polar surface area (TPSA) is 80.4 Å². The van der Waals surface area contributed by atoms with Crippen LogP contribution in [0.4, 0.5) is 0 Å². The van der Waals surface area contributed by atoms with Gasteiger partial charge in [0.1, 0.15) is 6.10 Å². The minimum Gasteiger partial charge on any atom is -0.392 e. The third-order valence-corrected chi connectivity index (χ3v) is 3.42. The lowest BCUT2D eigenvalue weighted by atomic mass is 10.2. The van der Waals surface area contributed by atoms with Crippen LogP contribution in [-0.2, 0) is 4.74 Å². The van der Waals surface area contributed by atoms with Gasteiger partial charge in [-0.1, -0.05) is 5.16 Å². The summed E-state index contributed by atoms with van der Waals surface area (Å²) in [5, 5.41) is 16.6. The molecule has 2 fully saturated rings. The van der Waals surface area contributed by atoms with Gasteiger partial charge in [0.15, 0.2) is 0 Å². The summed E-state index contributed by atoms with van der Waals surface area (Å²) in [6, 6.07) is -0.0250. The van der Waals surface area contributed by atoms with Crippen LogP contribution in [0.3, 0.4) is 0 Å². The van der Waals surface area contributed by atoms with Gasteiger partial charge in [-0.3, -0.25) is 0 Å². The molecule has 2 heterocycles. The summed E-state index contributed by atoms with van der Waals surface area (Å²) >= 11 is 0. The Balaban J connectivity index is 1.73. The first-order valence-electron chi connectivity index (χ1n) is 6.05.